The molecule has 1 aliphatic heterocycles. The van der Waals surface area contributed by atoms with Crippen LogP contribution in [0.5, 0.6) is 0 Å². The van der Waals surface area contributed by atoms with E-state index in [2.05, 4.69) is 15.4 Å². The second-order valence-electron chi connectivity index (χ2n) is 6.83. The summed E-state index contributed by atoms with van der Waals surface area (Å²) in [5.41, 5.74) is 3.37. The highest BCUT2D eigenvalue weighted by Crippen LogP contribution is 2.22. The van der Waals surface area contributed by atoms with E-state index in [1.165, 1.54) is 0 Å². The first kappa shape index (κ1) is 17.4. The Morgan fingerprint density at radius 2 is 2.00 bits per heavy atom. The van der Waals surface area contributed by atoms with Crippen LogP contribution >= 0.6 is 0 Å². The van der Waals surface area contributed by atoms with Crippen LogP contribution in [0.25, 0.3) is 0 Å². The fraction of sp³-hybridized carbons (Fsp3) is 0.368. The number of hydrogen-bond acceptors (Lipinski definition) is 5. The highest BCUT2D eigenvalue weighted by molar-refractivity contribution is 5.93. The van der Waals surface area contributed by atoms with Gasteiger partial charge in [-0.3, -0.25) is 9.48 Å². The van der Waals surface area contributed by atoms with Gasteiger partial charge >= 0.3 is 0 Å². The third-order valence-electron chi connectivity index (χ3n) is 4.78. The topological polar surface area (TPSA) is 78.1 Å². The zero-order valence-electron chi connectivity index (χ0n) is 15.4. The molecule has 0 saturated carbocycles. The van der Waals surface area contributed by atoms with Crippen molar-refractivity contribution in [1.29, 1.82) is 0 Å². The Morgan fingerprint density at radius 3 is 2.70 bits per heavy atom. The van der Waals surface area contributed by atoms with Crippen LogP contribution in [0.1, 0.15) is 33.5 Å². The average Bonchev–Trinajstić information content (AvgIpc) is 3.22. The lowest BCUT2D eigenvalue weighted by Crippen LogP contribution is -2.51. The molecule has 0 radical (unpaired) electrons. The molecule has 140 valence electrons. The smallest absolute Gasteiger partial charge is 0.274 e. The first-order chi connectivity index (χ1) is 13.1. The first-order valence-corrected chi connectivity index (χ1v) is 8.92. The zero-order valence-corrected chi connectivity index (χ0v) is 15.4. The van der Waals surface area contributed by atoms with E-state index in [0.717, 1.165) is 17.0 Å². The van der Waals surface area contributed by atoms with Crippen molar-refractivity contribution in [2.45, 2.75) is 26.2 Å². The standard InChI is InChI=1S/C19H22N6O2/c1-14-8-18(21-23(14)2)19(26)24-10-17(11-24)25-9-16(20-22-25)13-27-12-15-6-4-3-5-7-15/h3-9,17H,10-13H2,1-2H3. The minimum atomic E-state index is -0.0403. The summed E-state index contributed by atoms with van der Waals surface area (Å²) in [7, 11) is 1.84. The number of amides is 1. The van der Waals surface area contributed by atoms with E-state index in [0.29, 0.717) is 32.0 Å². The van der Waals surface area contributed by atoms with Crippen LogP contribution in [0.3, 0.4) is 0 Å². The molecule has 0 spiro atoms. The van der Waals surface area contributed by atoms with Crippen LogP contribution in [0.4, 0.5) is 0 Å². The molecule has 0 unspecified atom stereocenters. The number of carbonyl (C=O) groups is 1. The predicted molar refractivity (Wildman–Crippen MR) is 97.8 cm³/mol. The molecule has 1 fully saturated rings. The number of nitrogens with zero attached hydrogens (tertiary/aromatic N) is 6. The summed E-state index contributed by atoms with van der Waals surface area (Å²) in [4.78, 5) is 14.2. The van der Waals surface area contributed by atoms with Crippen molar-refractivity contribution in [3.63, 3.8) is 0 Å². The van der Waals surface area contributed by atoms with Crippen molar-refractivity contribution in [2.24, 2.45) is 7.05 Å². The Hall–Kier alpha value is -3.00. The molecule has 8 heteroatoms. The fourth-order valence-electron chi connectivity index (χ4n) is 3.02. The molecule has 27 heavy (non-hydrogen) atoms. The molecule has 1 saturated heterocycles. The Kier molecular flexibility index (Phi) is 4.72. The number of likely N-dealkylation sites (tertiary alicyclic amines) is 1. The van der Waals surface area contributed by atoms with Crippen molar-refractivity contribution >= 4 is 5.91 Å². The summed E-state index contributed by atoms with van der Waals surface area (Å²) in [6, 6.07) is 12.0. The number of carbonyl (C=O) groups excluding carboxylic acids is 1. The molecular formula is C19H22N6O2. The number of ether oxygens (including phenoxy) is 1. The van der Waals surface area contributed by atoms with Gasteiger partial charge in [-0.2, -0.15) is 5.10 Å². The van der Waals surface area contributed by atoms with E-state index in [1.54, 1.807) is 9.58 Å². The summed E-state index contributed by atoms with van der Waals surface area (Å²) in [5, 5.41) is 12.6. The van der Waals surface area contributed by atoms with Crippen LogP contribution in [0.15, 0.2) is 42.6 Å². The van der Waals surface area contributed by atoms with Gasteiger partial charge in [-0.1, -0.05) is 35.5 Å². The molecule has 0 N–H and O–H groups in total. The normalized spacial score (nSPS) is 14.4. The maximum Gasteiger partial charge on any atom is 0.274 e. The van der Waals surface area contributed by atoms with Crippen LogP contribution in [0.2, 0.25) is 0 Å². The van der Waals surface area contributed by atoms with E-state index >= 15 is 0 Å². The summed E-state index contributed by atoms with van der Waals surface area (Å²) in [6.07, 6.45) is 1.89. The first-order valence-electron chi connectivity index (χ1n) is 8.92. The quantitative estimate of drug-likeness (QED) is 0.664. The minimum absolute atomic E-state index is 0.0403. The molecule has 2 aromatic heterocycles. The van der Waals surface area contributed by atoms with E-state index in [1.807, 2.05) is 61.2 Å². The van der Waals surface area contributed by atoms with Crippen molar-refractivity contribution in [3.8, 4) is 0 Å². The van der Waals surface area contributed by atoms with Crippen molar-refractivity contribution < 1.29 is 9.53 Å². The number of benzene rings is 1. The van der Waals surface area contributed by atoms with Crippen LogP contribution < -0.4 is 0 Å². The highest BCUT2D eigenvalue weighted by Gasteiger charge is 2.34. The minimum Gasteiger partial charge on any atom is -0.370 e. The average molecular weight is 366 g/mol. The lowest BCUT2D eigenvalue weighted by atomic mass is 10.1. The van der Waals surface area contributed by atoms with Gasteiger partial charge in [0.25, 0.3) is 5.91 Å². The zero-order chi connectivity index (χ0) is 18.8. The van der Waals surface area contributed by atoms with E-state index in [9.17, 15) is 4.79 Å². The van der Waals surface area contributed by atoms with Gasteiger partial charge in [-0.25, -0.2) is 4.68 Å². The van der Waals surface area contributed by atoms with Gasteiger partial charge in [0.2, 0.25) is 0 Å². The third kappa shape index (κ3) is 3.75. The maximum absolute atomic E-state index is 12.4. The van der Waals surface area contributed by atoms with Gasteiger partial charge in [0.05, 0.1) is 25.5 Å². The monoisotopic (exact) mass is 366 g/mol. The summed E-state index contributed by atoms with van der Waals surface area (Å²) in [5.74, 6) is -0.0403. The molecule has 0 aliphatic carbocycles. The molecule has 1 amide bonds. The second-order valence-corrected chi connectivity index (χ2v) is 6.83. The largest absolute Gasteiger partial charge is 0.370 e. The van der Waals surface area contributed by atoms with E-state index in [-0.39, 0.29) is 11.9 Å². The van der Waals surface area contributed by atoms with Crippen LogP contribution in [-0.4, -0.2) is 48.7 Å². The SMILES string of the molecule is Cc1cc(C(=O)N2CC(n3cc(COCc4ccccc4)nn3)C2)nn1C. The predicted octanol–water partition coefficient (Wildman–Crippen LogP) is 1.73. The van der Waals surface area contributed by atoms with Gasteiger partial charge < -0.3 is 9.64 Å². The fourth-order valence-corrected chi connectivity index (χ4v) is 3.02. The summed E-state index contributed by atoms with van der Waals surface area (Å²) < 4.78 is 9.22. The molecular weight excluding hydrogens is 344 g/mol. The Balaban J connectivity index is 1.27. The summed E-state index contributed by atoms with van der Waals surface area (Å²) in [6.45, 7) is 4.12. The van der Waals surface area contributed by atoms with Gasteiger partial charge in [-0.15, -0.1) is 5.10 Å². The molecule has 1 aliphatic rings. The van der Waals surface area contributed by atoms with Crippen molar-refractivity contribution in [1.82, 2.24) is 29.7 Å². The van der Waals surface area contributed by atoms with E-state index < -0.39 is 0 Å². The Bertz CT molecular complexity index is 907. The highest BCUT2D eigenvalue weighted by atomic mass is 16.5. The number of hydrogen-bond donors (Lipinski definition) is 0. The lowest BCUT2D eigenvalue weighted by Gasteiger charge is -2.38. The van der Waals surface area contributed by atoms with Crippen LogP contribution in [0, 0.1) is 6.92 Å². The molecule has 0 bridgehead atoms. The van der Waals surface area contributed by atoms with Crippen molar-refractivity contribution in [3.05, 3.63) is 65.2 Å². The summed E-state index contributed by atoms with van der Waals surface area (Å²) >= 11 is 0. The lowest BCUT2D eigenvalue weighted by molar-refractivity contribution is 0.0491. The molecule has 8 nitrogen and oxygen atoms in total. The third-order valence-corrected chi connectivity index (χ3v) is 4.78. The molecule has 3 heterocycles. The van der Waals surface area contributed by atoms with Gasteiger partial charge in [0, 0.05) is 25.8 Å². The number of rotatable bonds is 6. The van der Waals surface area contributed by atoms with Gasteiger partial charge in [-0.05, 0) is 18.6 Å². The molecule has 3 aromatic rings. The molecule has 0 atom stereocenters. The van der Waals surface area contributed by atoms with E-state index in [4.69, 9.17) is 4.74 Å². The Morgan fingerprint density at radius 1 is 1.22 bits per heavy atom. The van der Waals surface area contributed by atoms with Crippen molar-refractivity contribution in [2.75, 3.05) is 13.1 Å². The number of aromatic nitrogens is 5. The maximum atomic E-state index is 12.4. The number of aryl methyl sites for hydroxylation is 2. The van der Waals surface area contributed by atoms with Gasteiger partial charge in [0.15, 0.2) is 5.69 Å². The second kappa shape index (κ2) is 7.32. The Labute approximate surface area is 157 Å². The van der Waals surface area contributed by atoms with Crippen LogP contribution in [-0.2, 0) is 25.0 Å². The van der Waals surface area contributed by atoms with Gasteiger partial charge in [0.1, 0.15) is 5.69 Å². The molecule has 1 aromatic carbocycles. The molecule has 4 rings (SSSR count).